The highest BCUT2D eigenvalue weighted by Gasteiger charge is 2.20. The zero-order valence-corrected chi connectivity index (χ0v) is 19.5. The molecule has 31 heavy (non-hydrogen) atoms. The summed E-state index contributed by atoms with van der Waals surface area (Å²) in [4.78, 5) is 15.7. The Morgan fingerprint density at radius 1 is 1.23 bits per heavy atom. The minimum Gasteiger partial charge on any atom is -0.616 e. The van der Waals surface area contributed by atoms with Crippen LogP contribution >= 0.6 is 0 Å². The normalized spacial score (nSPS) is 15.0. The number of hydrogen-bond donors (Lipinski definition) is 1. The largest absolute Gasteiger partial charge is 0.616 e. The first-order chi connectivity index (χ1) is 15.1. The first kappa shape index (κ1) is 23.4. The van der Waals surface area contributed by atoms with E-state index in [1.807, 2.05) is 6.07 Å². The van der Waals surface area contributed by atoms with Crippen molar-refractivity contribution in [1.82, 2.24) is 15.0 Å². The fourth-order valence-corrected chi connectivity index (χ4v) is 4.15. The van der Waals surface area contributed by atoms with E-state index in [2.05, 4.69) is 38.2 Å². The molecule has 1 saturated carbocycles. The summed E-state index contributed by atoms with van der Waals surface area (Å²) in [5.74, 6) is 2.89. The Morgan fingerprint density at radius 3 is 2.61 bits per heavy atom. The maximum absolute atomic E-state index is 11.1. The number of methoxy groups -OCH3 is 1. The summed E-state index contributed by atoms with van der Waals surface area (Å²) in [6.07, 6.45) is 10.2. The Balaban J connectivity index is 1.65. The first-order valence-corrected chi connectivity index (χ1v) is 12.6. The molecule has 1 fully saturated rings. The lowest BCUT2D eigenvalue weighted by Gasteiger charge is -2.28. The van der Waals surface area contributed by atoms with Crippen molar-refractivity contribution in [2.75, 3.05) is 49.0 Å². The van der Waals surface area contributed by atoms with Crippen molar-refractivity contribution in [3.63, 3.8) is 0 Å². The van der Waals surface area contributed by atoms with Crippen LogP contribution in [0.1, 0.15) is 38.3 Å². The molecule has 1 aliphatic carbocycles. The average Bonchev–Trinajstić information content (AvgIpc) is 3.30. The Morgan fingerprint density at radius 2 is 1.97 bits per heavy atom. The number of pyridine rings is 1. The van der Waals surface area contributed by atoms with Gasteiger partial charge in [-0.25, -0.2) is 15.0 Å². The predicted octanol–water partition coefficient (Wildman–Crippen LogP) is 3.27. The van der Waals surface area contributed by atoms with Gasteiger partial charge in [0.25, 0.3) is 0 Å². The second kappa shape index (κ2) is 12.0. The second-order valence-corrected chi connectivity index (χ2v) is 9.28. The predicted molar refractivity (Wildman–Crippen MR) is 124 cm³/mol. The highest BCUT2D eigenvalue weighted by molar-refractivity contribution is 7.90. The zero-order chi connectivity index (χ0) is 22.1. The molecule has 1 aliphatic rings. The third-order valence-electron chi connectivity index (χ3n) is 5.49. The van der Waals surface area contributed by atoms with Gasteiger partial charge in [-0.1, -0.05) is 24.0 Å². The van der Waals surface area contributed by atoms with Crippen LogP contribution in [0.3, 0.4) is 0 Å². The molecule has 0 spiro atoms. The molecule has 2 heterocycles. The summed E-state index contributed by atoms with van der Waals surface area (Å²) in [6, 6.07) is 4.01. The third-order valence-corrected chi connectivity index (χ3v) is 6.23. The molecule has 2 aromatic rings. The fourth-order valence-electron chi connectivity index (χ4n) is 3.83. The highest BCUT2D eigenvalue weighted by Crippen LogP contribution is 2.29. The van der Waals surface area contributed by atoms with Gasteiger partial charge in [0.05, 0.1) is 43.7 Å². The Labute approximate surface area is 188 Å². The maximum atomic E-state index is 11.1. The molecule has 1 N–H and O–H groups in total. The van der Waals surface area contributed by atoms with Crippen LogP contribution in [0.5, 0.6) is 11.6 Å². The monoisotopic (exact) mass is 447 g/mol. The summed E-state index contributed by atoms with van der Waals surface area (Å²) in [6.45, 7) is 5.05. The molecule has 0 radical (unpaired) electrons. The number of hydrogen-bond acceptors (Lipinski definition) is 8. The first-order valence-electron chi connectivity index (χ1n) is 10.9. The van der Waals surface area contributed by atoms with Gasteiger partial charge in [0.15, 0.2) is 5.75 Å². The van der Waals surface area contributed by atoms with Gasteiger partial charge in [-0.3, -0.25) is 0 Å². The van der Waals surface area contributed by atoms with Crippen LogP contribution in [-0.4, -0.2) is 58.3 Å². The quantitative estimate of drug-likeness (QED) is 0.495. The number of ether oxygens (including phenoxy) is 2. The molecule has 0 aromatic carbocycles. The average molecular weight is 448 g/mol. The van der Waals surface area contributed by atoms with E-state index in [9.17, 15) is 4.55 Å². The van der Waals surface area contributed by atoms with Crippen LogP contribution in [0.4, 0.5) is 11.6 Å². The topological polar surface area (TPSA) is 95.5 Å². The number of aromatic nitrogens is 3. The van der Waals surface area contributed by atoms with E-state index in [0.717, 1.165) is 30.4 Å². The molecule has 0 aliphatic heterocycles. The van der Waals surface area contributed by atoms with Gasteiger partial charge < -0.3 is 24.2 Å². The van der Waals surface area contributed by atoms with E-state index >= 15 is 0 Å². The summed E-state index contributed by atoms with van der Waals surface area (Å²) in [5, 5.41) is 3.26. The minimum absolute atomic E-state index is 0.379. The van der Waals surface area contributed by atoms with Crippen LogP contribution in [0, 0.1) is 5.92 Å². The van der Waals surface area contributed by atoms with Gasteiger partial charge in [-0.15, -0.1) is 0 Å². The standard InChI is InChI=1S/C22H33N5O3S/c1-4-27(16-17-7-5-6-8-17)20-9-10-21(29-2)26-19(20)15-25-22-23-13-18(14-24-22)30-11-12-31(3)28/h9-10,13-14,17H,4-8,11-12,15-16H2,1-3H3,(H,23,24,25). The van der Waals surface area contributed by atoms with Gasteiger partial charge in [0.2, 0.25) is 11.8 Å². The fraction of sp³-hybridized carbons (Fsp3) is 0.591. The van der Waals surface area contributed by atoms with Gasteiger partial charge >= 0.3 is 0 Å². The minimum atomic E-state index is -0.879. The van der Waals surface area contributed by atoms with Crippen LogP contribution < -0.4 is 19.7 Å². The van der Waals surface area contributed by atoms with E-state index in [0.29, 0.717) is 36.5 Å². The van der Waals surface area contributed by atoms with Crippen molar-refractivity contribution < 1.29 is 14.0 Å². The molecule has 0 bridgehead atoms. The summed E-state index contributed by atoms with van der Waals surface area (Å²) in [5.41, 5.74) is 2.03. The molecule has 0 amide bonds. The molecular formula is C22H33N5O3S. The summed E-state index contributed by atoms with van der Waals surface area (Å²) >= 11 is -0.879. The number of nitrogens with one attached hydrogen (secondary N) is 1. The van der Waals surface area contributed by atoms with Gasteiger partial charge in [0, 0.05) is 19.2 Å². The van der Waals surface area contributed by atoms with Crippen LogP contribution in [-0.2, 0) is 17.7 Å². The van der Waals surface area contributed by atoms with E-state index in [1.165, 1.54) is 25.7 Å². The van der Waals surface area contributed by atoms with Crippen molar-refractivity contribution >= 4 is 22.8 Å². The molecule has 8 nitrogen and oxygen atoms in total. The zero-order valence-electron chi connectivity index (χ0n) is 18.7. The SMILES string of the molecule is CCN(CC1CCCC1)c1ccc(OC)nc1CNc1ncc(OCC[S+](C)[O-])cn1. The van der Waals surface area contributed by atoms with Gasteiger partial charge in [-0.05, 0) is 31.7 Å². The number of anilines is 2. The van der Waals surface area contributed by atoms with E-state index < -0.39 is 11.2 Å². The molecule has 1 atom stereocenters. The molecule has 3 rings (SSSR count). The van der Waals surface area contributed by atoms with Crippen molar-refractivity contribution in [1.29, 1.82) is 0 Å². The van der Waals surface area contributed by atoms with E-state index in [1.54, 1.807) is 25.8 Å². The van der Waals surface area contributed by atoms with Crippen molar-refractivity contribution in [3.8, 4) is 11.6 Å². The van der Waals surface area contributed by atoms with Crippen LogP contribution in [0.15, 0.2) is 24.5 Å². The Kier molecular flexibility index (Phi) is 9.02. The lowest BCUT2D eigenvalue weighted by Crippen LogP contribution is -2.30. The number of nitrogens with zero attached hydrogens (tertiary/aromatic N) is 4. The van der Waals surface area contributed by atoms with Crippen LogP contribution in [0.2, 0.25) is 0 Å². The molecule has 0 saturated heterocycles. The van der Waals surface area contributed by atoms with Crippen LogP contribution in [0.25, 0.3) is 0 Å². The van der Waals surface area contributed by atoms with Crippen molar-refractivity contribution in [2.24, 2.45) is 5.92 Å². The van der Waals surface area contributed by atoms with Crippen molar-refractivity contribution in [3.05, 3.63) is 30.2 Å². The molecular weight excluding hydrogens is 414 g/mol. The van der Waals surface area contributed by atoms with Gasteiger partial charge in [0.1, 0.15) is 12.4 Å². The lowest BCUT2D eigenvalue weighted by atomic mass is 10.1. The summed E-state index contributed by atoms with van der Waals surface area (Å²) in [7, 11) is 1.63. The molecule has 1 unspecified atom stereocenters. The third kappa shape index (κ3) is 7.14. The van der Waals surface area contributed by atoms with E-state index in [-0.39, 0.29) is 0 Å². The number of rotatable bonds is 12. The second-order valence-electron chi connectivity index (χ2n) is 7.73. The summed E-state index contributed by atoms with van der Waals surface area (Å²) < 4.78 is 22.0. The maximum Gasteiger partial charge on any atom is 0.223 e. The highest BCUT2D eigenvalue weighted by atomic mass is 32.2. The molecule has 2 aromatic heterocycles. The lowest BCUT2D eigenvalue weighted by molar-refractivity contribution is 0.338. The Bertz CT molecular complexity index is 800. The van der Waals surface area contributed by atoms with Gasteiger partial charge in [-0.2, -0.15) is 0 Å². The molecule has 170 valence electrons. The van der Waals surface area contributed by atoms with Crippen molar-refractivity contribution in [2.45, 2.75) is 39.2 Å². The smallest absolute Gasteiger partial charge is 0.223 e. The Hall–Kier alpha value is -2.26. The molecule has 9 heteroatoms. The van der Waals surface area contributed by atoms with E-state index in [4.69, 9.17) is 9.47 Å².